The van der Waals surface area contributed by atoms with Gasteiger partial charge in [-0.25, -0.2) is 0 Å². The maximum absolute atomic E-state index is 11.8. The van der Waals surface area contributed by atoms with Gasteiger partial charge in [0.25, 0.3) is 5.69 Å². The summed E-state index contributed by atoms with van der Waals surface area (Å²) >= 11 is 6.06. The van der Waals surface area contributed by atoms with E-state index in [0.717, 1.165) is 6.42 Å². The van der Waals surface area contributed by atoms with E-state index >= 15 is 0 Å². The molecule has 0 fully saturated rings. The van der Waals surface area contributed by atoms with Gasteiger partial charge in [0, 0.05) is 30.4 Å². The summed E-state index contributed by atoms with van der Waals surface area (Å²) in [5.41, 5.74) is 1.04. The first kappa shape index (κ1) is 15.3. The van der Waals surface area contributed by atoms with Gasteiger partial charge in [0.1, 0.15) is 0 Å². The molecule has 0 unspecified atom stereocenters. The summed E-state index contributed by atoms with van der Waals surface area (Å²) in [6, 6.07) is 6.32. The zero-order chi connectivity index (χ0) is 15.4. The topological polar surface area (TPSA) is 65.1 Å². The molecule has 110 valence electrons. The van der Waals surface area contributed by atoms with Crippen molar-refractivity contribution in [3.05, 3.63) is 62.9 Å². The first-order chi connectivity index (χ1) is 10.0. The number of nitro benzene ring substituents is 1. The highest BCUT2D eigenvalue weighted by Crippen LogP contribution is 2.27. The molecule has 0 bridgehead atoms. The Kier molecular flexibility index (Phi) is 4.75. The number of ketones is 1. The number of Topliss-reactive ketones (excluding diaryl/α,β-unsaturated/α-hetero) is 1. The standard InChI is InChI=1S/C15H15ClN2O3/c1-2-4-15(19)11-7-8-17(9-11)10-12-13(16)5-3-6-14(12)18(20)21/h3,5-9H,2,4,10H2,1H3. The minimum atomic E-state index is -0.451. The summed E-state index contributed by atoms with van der Waals surface area (Å²) in [7, 11) is 0. The van der Waals surface area contributed by atoms with Gasteiger partial charge in [0.2, 0.25) is 0 Å². The van der Waals surface area contributed by atoms with Crippen molar-refractivity contribution in [3.63, 3.8) is 0 Å². The smallest absolute Gasteiger partial charge is 0.275 e. The summed E-state index contributed by atoms with van der Waals surface area (Å²) in [6.45, 7) is 2.21. The number of aromatic nitrogens is 1. The molecule has 0 saturated carbocycles. The van der Waals surface area contributed by atoms with E-state index in [2.05, 4.69) is 0 Å². The van der Waals surface area contributed by atoms with Crippen LogP contribution in [0, 0.1) is 10.1 Å². The molecule has 1 heterocycles. The predicted molar refractivity (Wildman–Crippen MR) is 80.9 cm³/mol. The normalized spacial score (nSPS) is 10.6. The van der Waals surface area contributed by atoms with Gasteiger partial charge in [-0.1, -0.05) is 24.6 Å². The Morgan fingerprint density at radius 2 is 2.14 bits per heavy atom. The van der Waals surface area contributed by atoms with Crippen LogP contribution >= 0.6 is 11.6 Å². The fourth-order valence-electron chi connectivity index (χ4n) is 2.13. The van der Waals surface area contributed by atoms with E-state index in [9.17, 15) is 14.9 Å². The summed E-state index contributed by atoms with van der Waals surface area (Å²) in [5.74, 6) is 0.0740. The second-order valence-corrected chi connectivity index (χ2v) is 5.15. The first-order valence-corrected chi connectivity index (χ1v) is 7.01. The Morgan fingerprint density at radius 1 is 1.38 bits per heavy atom. The fourth-order valence-corrected chi connectivity index (χ4v) is 2.36. The molecule has 0 atom stereocenters. The van der Waals surface area contributed by atoms with Gasteiger partial charge in [-0.15, -0.1) is 0 Å². The highest BCUT2D eigenvalue weighted by Gasteiger charge is 2.17. The van der Waals surface area contributed by atoms with Gasteiger partial charge in [-0.2, -0.15) is 0 Å². The minimum Gasteiger partial charge on any atom is -0.349 e. The van der Waals surface area contributed by atoms with E-state index in [1.54, 1.807) is 35.2 Å². The molecule has 1 aromatic heterocycles. The van der Waals surface area contributed by atoms with Crippen LogP contribution < -0.4 is 0 Å². The Hall–Kier alpha value is -2.14. The molecule has 0 amide bonds. The summed E-state index contributed by atoms with van der Waals surface area (Å²) in [4.78, 5) is 22.4. The number of nitrogens with zero attached hydrogens (tertiary/aromatic N) is 2. The zero-order valence-electron chi connectivity index (χ0n) is 11.6. The molecule has 0 spiro atoms. The third-order valence-corrected chi connectivity index (χ3v) is 3.54. The molecule has 1 aromatic carbocycles. The molecule has 0 aliphatic carbocycles. The molecule has 0 N–H and O–H groups in total. The van der Waals surface area contributed by atoms with Crippen LogP contribution in [0.1, 0.15) is 35.7 Å². The summed E-state index contributed by atoms with van der Waals surface area (Å²) in [5, 5.41) is 11.4. The van der Waals surface area contributed by atoms with Crippen LogP contribution in [0.2, 0.25) is 5.02 Å². The SMILES string of the molecule is CCCC(=O)c1ccn(Cc2c(Cl)cccc2[N+](=O)[O-])c1. The van der Waals surface area contributed by atoms with Gasteiger partial charge in [-0.05, 0) is 18.6 Å². The number of nitro groups is 1. The largest absolute Gasteiger partial charge is 0.349 e. The molecule has 2 aromatic rings. The van der Waals surface area contributed by atoms with Crippen molar-refractivity contribution in [3.8, 4) is 0 Å². The Labute approximate surface area is 127 Å². The van der Waals surface area contributed by atoms with Gasteiger partial charge in [0.15, 0.2) is 5.78 Å². The lowest BCUT2D eigenvalue weighted by molar-refractivity contribution is -0.385. The number of rotatable bonds is 6. The number of benzene rings is 1. The number of hydrogen-bond donors (Lipinski definition) is 0. The summed E-state index contributed by atoms with van der Waals surface area (Å²) < 4.78 is 1.73. The zero-order valence-corrected chi connectivity index (χ0v) is 12.3. The van der Waals surface area contributed by atoms with Crippen molar-refractivity contribution in [2.75, 3.05) is 0 Å². The Morgan fingerprint density at radius 3 is 2.81 bits per heavy atom. The van der Waals surface area contributed by atoms with Crippen LogP contribution in [0.25, 0.3) is 0 Å². The molecule has 0 aliphatic rings. The fraction of sp³-hybridized carbons (Fsp3) is 0.267. The summed E-state index contributed by atoms with van der Waals surface area (Å²) in [6.07, 6.45) is 4.72. The molecule has 2 rings (SSSR count). The molecule has 5 nitrogen and oxygen atoms in total. The first-order valence-electron chi connectivity index (χ1n) is 6.63. The molecule has 21 heavy (non-hydrogen) atoms. The highest BCUT2D eigenvalue weighted by atomic mass is 35.5. The number of carbonyl (C=O) groups excluding carboxylic acids is 1. The minimum absolute atomic E-state index is 0.0161. The van der Waals surface area contributed by atoms with E-state index in [0.29, 0.717) is 22.6 Å². The molecular formula is C15H15ClN2O3. The van der Waals surface area contributed by atoms with E-state index < -0.39 is 4.92 Å². The lowest BCUT2D eigenvalue weighted by Crippen LogP contribution is -2.03. The van der Waals surface area contributed by atoms with Crippen LogP contribution in [-0.4, -0.2) is 15.3 Å². The Balaban J connectivity index is 2.27. The molecule has 0 saturated heterocycles. The van der Waals surface area contributed by atoms with Crippen LogP contribution in [0.3, 0.4) is 0 Å². The number of carbonyl (C=O) groups is 1. The second-order valence-electron chi connectivity index (χ2n) is 4.74. The average molecular weight is 307 g/mol. The third kappa shape index (κ3) is 3.49. The molecule has 0 aliphatic heterocycles. The van der Waals surface area contributed by atoms with E-state index in [4.69, 9.17) is 11.6 Å². The molecule has 0 radical (unpaired) electrons. The second kappa shape index (κ2) is 6.54. The van der Waals surface area contributed by atoms with Crippen molar-refractivity contribution >= 4 is 23.1 Å². The maximum Gasteiger partial charge on any atom is 0.275 e. The van der Waals surface area contributed by atoms with Crippen LogP contribution in [-0.2, 0) is 6.54 Å². The predicted octanol–water partition coefficient (Wildman–Crippen LogP) is 4.08. The maximum atomic E-state index is 11.8. The lowest BCUT2D eigenvalue weighted by Gasteiger charge is -2.06. The molecular weight excluding hydrogens is 292 g/mol. The monoisotopic (exact) mass is 306 g/mol. The van der Waals surface area contributed by atoms with Crippen molar-refractivity contribution in [1.82, 2.24) is 4.57 Å². The quantitative estimate of drug-likeness (QED) is 0.459. The van der Waals surface area contributed by atoms with E-state index in [1.165, 1.54) is 6.07 Å². The van der Waals surface area contributed by atoms with Crippen LogP contribution in [0.5, 0.6) is 0 Å². The lowest BCUT2D eigenvalue weighted by atomic mass is 10.1. The van der Waals surface area contributed by atoms with Crippen molar-refractivity contribution < 1.29 is 9.72 Å². The van der Waals surface area contributed by atoms with Crippen molar-refractivity contribution in [2.24, 2.45) is 0 Å². The van der Waals surface area contributed by atoms with Crippen LogP contribution in [0.4, 0.5) is 5.69 Å². The van der Waals surface area contributed by atoms with Gasteiger partial charge >= 0.3 is 0 Å². The van der Waals surface area contributed by atoms with Gasteiger partial charge < -0.3 is 4.57 Å². The number of hydrogen-bond acceptors (Lipinski definition) is 3. The van der Waals surface area contributed by atoms with E-state index in [-0.39, 0.29) is 18.0 Å². The number of halogens is 1. The Bertz CT molecular complexity index is 679. The van der Waals surface area contributed by atoms with Gasteiger partial charge in [-0.3, -0.25) is 14.9 Å². The van der Waals surface area contributed by atoms with Crippen LogP contribution in [0.15, 0.2) is 36.7 Å². The van der Waals surface area contributed by atoms with Crippen molar-refractivity contribution in [2.45, 2.75) is 26.3 Å². The highest BCUT2D eigenvalue weighted by molar-refractivity contribution is 6.31. The van der Waals surface area contributed by atoms with Gasteiger partial charge in [0.05, 0.1) is 22.1 Å². The average Bonchev–Trinajstić information content (AvgIpc) is 2.90. The van der Waals surface area contributed by atoms with Crippen molar-refractivity contribution in [1.29, 1.82) is 0 Å². The molecule has 6 heteroatoms. The third-order valence-electron chi connectivity index (χ3n) is 3.18. The van der Waals surface area contributed by atoms with E-state index in [1.807, 2.05) is 6.92 Å².